The highest BCUT2D eigenvalue weighted by Crippen LogP contribution is 2.39. The van der Waals surface area contributed by atoms with Gasteiger partial charge in [-0.3, -0.25) is 9.78 Å². The number of aromatic nitrogens is 3. The second kappa shape index (κ2) is 12.1. The number of carbonyl (C=O) groups is 1. The number of fused-ring (bicyclic) bond motifs is 2. The molecule has 2 atom stereocenters. The van der Waals surface area contributed by atoms with E-state index in [-0.39, 0.29) is 23.2 Å². The van der Waals surface area contributed by atoms with Crippen LogP contribution in [0.3, 0.4) is 0 Å². The molecule has 1 fully saturated rings. The van der Waals surface area contributed by atoms with Crippen LogP contribution in [0.5, 0.6) is 0 Å². The first-order valence-electron chi connectivity index (χ1n) is 15.6. The van der Waals surface area contributed by atoms with Crippen molar-refractivity contribution in [3.8, 4) is 11.1 Å². The number of piperidine rings is 1. The molecule has 0 radical (unpaired) electrons. The van der Waals surface area contributed by atoms with Gasteiger partial charge in [-0.1, -0.05) is 45.0 Å². The van der Waals surface area contributed by atoms with Crippen LogP contribution in [0.2, 0.25) is 0 Å². The predicted octanol–water partition coefficient (Wildman–Crippen LogP) is 5.91. The number of ketones is 1. The predicted molar refractivity (Wildman–Crippen MR) is 166 cm³/mol. The lowest BCUT2D eigenvalue weighted by Crippen LogP contribution is -2.37. The molecule has 0 unspecified atom stereocenters. The first kappa shape index (κ1) is 28.8. The zero-order valence-electron chi connectivity index (χ0n) is 25.2. The Balaban J connectivity index is 1.18. The first-order valence-corrected chi connectivity index (χ1v) is 15.6. The first-order chi connectivity index (χ1) is 20.2. The molecular formula is C35H43N5O2. The van der Waals surface area contributed by atoms with Crippen LogP contribution in [0.15, 0.2) is 53.8 Å². The van der Waals surface area contributed by atoms with Crippen molar-refractivity contribution in [1.82, 2.24) is 20.1 Å². The van der Waals surface area contributed by atoms with Crippen molar-refractivity contribution in [3.05, 3.63) is 71.3 Å². The van der Waals surface area contributed by atoms with Gasteiger partial charge in [0.15, 0.2) is 5.78 Å². The average Bonchev–Trinajstić information content (AvgIpc) is 3.41. The molecule has 3 aliphatic rings. The van der Waals surface area contributed by atoms with Gasteiger partial charge in [0.2, 0.25) is 0 Å². The molecule has 42 heavy (non-hydrogen) atoms. The van der Waals surface area contributed by atoms with E-state index in [4.69, 9.17) is 9.98 Å². The fraction of sp³-hybridized carbons (Fsp3) is 0.514. The van der Waals surface area contributed by atoms with Gasteiger partial charge in [-0.25, -0.2) is 4.99 Å². The fourth-order valence-electron chi connectivity index (χ4n) is 6.78. The molecule has 0 saturated carbocycles. The van der Waals surface area contributed by atoms with E-state index in [1.165, 1.54) is 23.2 Å². The van der Waals surface area contributed by atoms with Crippen molar-refractivity contribution in [2.75, 3.05) is 19.6 Å². The zero-order chi connectivity index (χ0) is 29.3. The van der Waals surface area contributed by atoms with Crippen molar-refractivity contribution in [3.63, 3.8) is 0 Å². The highest BCUT2D eigenvalue weighted by atomic mass is 16.3. The summed E-state index contributed by atoms with van der Waals surface area (Å²) in [5.41, 5.74) is 8.58. The molecule has 2 aliphatic heterocycles. The molecule has 1 saturated heterocycles. The third-order valence-corrected chi connectivity index (χ3v) is 9.66. The smallest absolute Gasteiger partial charge is 0.178 e. The Morgan fingerprint density at radius 1 is 1.02 bits per heavy atom. The molecule has 220 valence electrons. The average molecular weight is 566 g/mol. The largest absolute Gasteiger partial charge is 0.393 e. The van der Waals surface area contributed by atoms with Crippen molar-refractivity contribution < 1.29 is 9.90 Å². The molecule has 0 spiro atoms. The van der Waals surface area contributed by atoms with Crippen LogP contribution in [0.25, 0.3) is 11.1 Å². The van der Waals surface area contributed by atoms with Crippen LogP contribution in [-0.4, -0.2) is 62.4 Å². The van der Waals surface area contributed by atoms with Crippen molar-refractivity contribution in [2.24, 2.45) is 16.3 Å². The number of nitrogens with zero attached hydrogens (tertiary/aromatic N) is 5. The van der Waals surface area contributed by atoms with Crippen LogP contribution in [0.4, 0.5) is 5.69 Å². The zero-order valence-corrected chi connectivity index (χ0v) is 25.2. The Hall–Kier alpha value is -3.29. The number of carbonyl (C=O) groups excluding carboxylic acids is 1. The van der Waals surface area contributed by atoms with Crippen LogP contribution in [0, 0.1) is 11.3 Å². The lowest BCUT2D eigenvalue weighted by atomic mass is 9.71. The van der Waals surface area contributed by atoms with E-state index >= 15 is 0 Å². The molecular weight excluding hydrogens is 522 g/mol. The number of aliphatic hydroxyl groups is 1. The lowest BCUT2D eigenvalue weighted by molar-refractivity contribution is -0.113. The van der Waals surface area contributed by atoms with Gasteiger partial charge < -0.3 is 10.0 Å². The van der Waals surface area contributed by atoms with Crippen LogP contribution in [0.1, 0.15) is 81.3 Å². The number of aryl methyl sites for hydroxylation is 1. The quantitative estimate of drug-likeness (QED) is 0.365. The molecule has 1 N–H and O–H groups in total. The molecule has 7 heteroatoms. The number of rotatable bonds is 8. The molecule has 3 aromatic rings. The van der Waals surface area contributed by atoms with Gasteiger partial charge >= 0.3 is 0 Å². The molecule has 4 heterocycles. The third kappa shape index (κ3) is 6.52. The summed E-state index contributed by atoms with van der Waals surface area (Å²) < 4.78 is 0. The minimum Gasteiger partial charge on any atom is -0.393 e. The Bertz CT molecular complexity index is 1440. The molecule has 6 rings (SSSR count). The van der Waals surface area contributed by atoms with Crippen LogP contribution < -0.4 is 0 Å². The number of hydrogen-bond donors (Lipinski definition) is 1. The highest BCUT2D eigenvalue weighted by molar-refractivity contribution is 6.41. The van der Waals surface area contributed by atoms with Crippen molar-refractivity contribution in [1.29, 1.82) is 0 Å². The minimum absolute atomic E-state index is 0.0917. The summed E-state index contributed by atoms with van der Waals surface area (Å²) in [5, 5.41) is 17.8. The van der Waals surface area contributed by atoms with Gasteiger partial charge in [0.1, 0.15) is 0 Å². The second-order valence-electron chi connectivity index (χ2n) is 13.5. The summed E-state index contributed by atoms with van der Waals surface area (Å²) in [6, 6.07) is 12.7. The van der Waals surface area contributed by atoms with E-state index < -0.39 is 0 Å². The normalized spacial score (nSPS) is 20.1. The monoisotopic (exact) mass is 565 g/mol. The van der Waals surface area contributed by atoms with E-state index in [0.717, 1.165) is 74.2 Å². The van der Waals surface area contributed by atoms with Gasteiger partial charge in [-0.15, -0.1) is 0 Å². The summed E-state index contributed by atoms with van der Waals surface area (Å²) in [6.07, 6.45) is 10.0. The third-order valence-electron chi connectivity index (χ3n) is 9.66. The fourth-order valence-corrected chi connectivity index (χ4v) is 6.78. The topological polar surface area (TPSA) is 91.6 Å². The Kier molecular flexibility index (Phi) is 8.33. The van der Waals surface area contributed by atoms with E-state index in [0.29, 0.717) is 24.5 Å². The Labute approximate surface area is 249 Å². The molecule has 0 amide bonds. The summed E-state index contributed by atoms with van der Waals surface area (Å²) in [5.74, 6) is 0.857. The van der Waals surface area contributed by atoms with Gasteiger partial charge in [-0.05, 0) is 91.1 Å². The van der Waals surface area contributed by atoms with Gasteiger partial charge in [0, 0.05) is 37.2 Å². The maximum Gasteiger partial charge on any atom is 0.178 e. The number of aliphatic hydroxyl groups excluding tert-OH is 1. The number of aliphatic imine (C=N–C) groups is 1. The number of benzene rings is 1. The maximum absolute atomic E-state index is 13.8. The Morgan fingerprint density at radius 3 is 2.52 bits per heavy atom. The maximum atomic E-state index is 13.8. The summed E-state index contributed by atoms with van der Waals surface area (Å²) in [4.78, 5) is 26.1. The van der Waals surface area contributed by atoms with E-state index in [9.17, 15) is 9.90 Å². The van der Waals surface area contributed by atoms with Gasteiger partial charge in [-0.2, -0.15) is 10.2 Å². The molecule has 0 bridgehead atoms. The van der Waals surface area contributed by atoms with E-state index in [1.807, 2.05) is 6.07 Å². The summed E-state index contributed by atoms with van der Waals surface area (Å²) >= 11 is 0. The molecule has 2 aromatic heterocycles. The van der Waals surface area contributed by atoms with Crippen molar-refractivity contribution in [2.45, 2.75) is 84.2 Å². The van der Waals surface area contributed by atoms with Crippen LogP contribution in [-0.2, 0) is 24.1 Å². The lowest BCUT2D eigenvalue weighted by Gasteiger charge is -2.34. The number of pyridine rings is 1. The highest BCUT2D eigenvalue weighted by Gasteiger charge is 2.32. The van der Waals surface area contributed by atoms with Crippen LogP contribution >= 0.6 is 0 Å². The Morgan fingerprint density at radius 2 is 1.81 bits per heavy atom. The van der Waals surface area contributed by atoms with Gasteiger partial charge in [0.05, 0.1) is 35.6 Å². The molecule has 1 aliphatic carbocycles. The number of likely N-dealkylation sites (tertiary alicyclic amines) is 1. The van der Waals surface area contributed by atoms with E-state index in [2.05, 4.69) is 66.2 Å². The second-order valence-corrected chi connectivity index (χ2v) is 13.5. The molecule has 1 aromatic carbocycles. The number of Topliss-reactive ketones (excluding diaryl/α,β-unsaturated/α-hetero) is 1. The minimum atomic E-state index is -0.186. The molecule has 7 nitrogen and oxygen atoms in total. The van der Waals surface area contributed by atoms with Crippen molar-refractivity contribution >= 4 is 17.2 Å². The number of hydrogen-bond acceptors (Lipinski definition) is 7. The standard InChI is InChI=1S/C35H43N5O2/c1-35(2,3)28-8-9-30-27(18-28)19-31-32(38-30)21-33(39-31)34(42)20-25(11-15-40-16-12-29(41)13-17-40)23-4-6-24(7-5-23)26-10-14-36-37-22-26/h4-7,10,14,19,22,25,28-29,41H,8-9,11-13,15-18,20-21H2,1-3H3/t25-,28-/m0/s1. The summed E-state index contributed by atoms with van der Waals surface area (Å²) in [6.45, 7) is 9.71. The van der Waals surface area contributed by atoms with Gasteiger partial charge in [0.25, 0.3) is 0 Å². The summed E-state index contributed by atoms with van der Waals surface area (Å²) in [7, 11) is 0. The SMILES string of the molecule is CC(C)(C)[C@H]1CCc2nc3c(cc2C1)N=C(C(=O)C[C@H](CCN1CCC(O)CC1)c1ccc(-c2ccnnc2)cc1)C3. The van der Waals surface area contributed by atoms with E-state index in [1.54, 1.807) is 12.4 Å².